The van der Waals surface area contributed by atoms with Crippen molar-refractivity contribution in [1.29, 1.82) is 0 Å². The fraction of sp³-hybridized carbons (Fsp3) is 0.176. The van der Waals surface area contributed by atoms with Gasteiger partial charge in [-0.25, -0.2) is 9.37 Å². The summed E-state index contributed by atoms with van der Waals surface area (Å²) < 4.78 is 12.9. The summed E-state index contributed by atoms with van der Waals surface area (Å²) in [7, 11) is 0. The molecule has 1 N–H and O–H groups in total. The normalized spacial score (nSPS) is 10.7. The zero-order valence-electron chi connectivity index (χ0n) is 12.5. The summed E-state index contributed by atoms with van der Waals surface area (Å²) in [5.41, 5.74) is 1.78. The van der Waals surface area contributed by atoms with Gasteiger partial charge < -0.3 is 5.32 Å². The molecule has 118 valence electrons. The molecule has 0 spiro atoms. The van der Waals surface area contributed by atoms with E-state index >= 15 is 0 Å². The number of hydrogen-bond donors (Lipinski definition) is 1. The van der Waals surface area contributed by atoms with Crippen molar-refractivity contribution in [1.82, 2.24) is 10.3 Å². The number of nitrogens with one attached hydrogen (secondary N) is 1. The monoisotopic (exact) mass is 346 g/mol. The van der Waals surface area contributed by atoms with Gasteiger partial charge in [0.15, 0.2) is 0 Å². The van der Waals surface area contributed by atoms with Crippen molar-refractivity contribution in [2.45, 2.75) is 19.9 Å². The van der Waals surface area contributed by atoms with Crippen molar-refractivity contribution >= 4 is 28.6 Å². The number of halogens is 1. The number of thiophene rings is 1. The topological polar surface area (TPSA) is 42.0 Å². The smallest absolute Gasteiger partial charge is 0.225 e. The van der Waals surface area contributed by atoms with E-state index in [4.69, 9.17) is 0 Å². The van der Waals surface area contributed by atoms with E-state index in [1.165, 1.54) is 12.1 Å². The van der Waals surface area contributed by atoms with Crippen LogP contribution in [0.1, 0.15) is 15.4 Å². The van der Waals surface area contributed by atoms with Crippen LogP contribution in [0.3, 0.4) is 0 Å². The molecule has 0 bridgehead atoms. The lowest BCUT2D eigenvalue weighted by Crippen LogP contribution is -2.24. The maximum absolute atomic E-state index is 12.9. The van der Waals surface area contributed by atoms with E-state index < -0.39 is 0 Å². The van der Waals surface area contributed by atoms with E-state index in [1.54, 1.807) is 34.8 Å². The molecule has 3 rings (SSSR count). The molecule has 0 aliphatic carbocycles. The maximum Gasteiger partial charge on any atom is 0.225 e. The Bertz CT molecular complexity index is 795. The number of thiazole rings is 1. The van der Waals surface area contributed by atoms with Crippen LogP contribution >= 0.6 is 22.7 Å². The Kier molecular flexibility index (Phi) is 4.83. The summed E-state index contributed by atoms with van der Waals surface area (Å²) in [6.07, 6.45) is 0.305. The van der Waals surface area contributed by atoms with Crippen LogP contribution in [0.2, 0.25) is 0 Å². The number of aryl methyl sites for hydroxylation is 1. The van der Waals surface area contributed by atoms with E-state index in [-0.39, 0.29) is 11.7 Å². The summed E-state index contributed by atoms with van der Waals surface area (Å²) >= 11 is 3.17. The first-order valence-electron chi connectivity index (χ1n) is 7.13. The molecule has 6 heteroatoms. The van der Waals surface area contributed by atoms with Gasteiger partial charge in [0.25, 0.3) is 0 Å². The van der Waals surface area contributed by atoms with Crippen LogP contribution in [0.15, 0.2) is 41.8 Å². The molecular weight excluding hydrogens is 331 g/mol. The van der Waals surface area contributed by atoms with Crippen molar-refractivity contribution in [2.75, 3.05) is 0 Å². The van der Waals surface area contributed by atoms with Gasteiger partial charge in [0.05, 0.1) is 22.0 Å². The van der Waals surface area contributed by atoms with Crippen LogP contribution in [0, 0.1) is 12.7 Å². The molecule has 2 aromatic heterocycles. The number of aromatic nitrogens is 1. The largest absolute Gasteiger partial charge is 0.352 e. The number of nitrogens with zero attached hydrogens (tertiary/aromatic N) is 1. The number of hydrogen-bond acceptors (Lipinski definition) is 4. The average molecular weight is 346 g/mol. The van der Waals surface area contributed by atoms with Gasteiger partial charge in [-0.2, -0.15) is 0 Å². The van der Waals surface area contributed by atoms with Gasteiger partial charge in [0.2, 0.25) is 5.91 Å². The highest BCUT2D eigenvalue weighted by molar-refractivity contribution is 7.15. The maximum atomic E-state index is 12.9. The van der Waals surface area contributed by atoms with Gasteiger partial charge >= 0.3 is 0 Å². The lowest BCUT2D eigenvalue weighted by Gasteiger charge is -2.05. The number of carbonyl (C=O) groups excluding carboxylic acids is 1. The molecule has 1 amide bonds. The minimum Gasteiger partial charge on any atom is -0.352 e. The lowest BCUT2D eigenvalue weighted by molar-refractivity contribution is -0.120. The van der Waals surface area contributed by atoms with Crippen molar-refractivity contribution in [3.8, 4) is 10.6 Å². The minimum absolute atomic E-state index is 0.0595. The van der Waals surface area contributed by atoms with Crippen LogP contribution in [-0.2, 0) is 17.8 Å². The summed E-state index contributed by atoms with van der Waals surface area (Å²) in [5.74, 6) is -0.336. The molecule has 0 atom stereocenters. The Morgan fingerprint density at radius 1 is 1.26 bits per heavy atom. The SMILES string of the molecule is Cc1nc(-c2cccs2)c(CC(=O)NCc2ccc(F)cc2)s1. The van der Waals surface area contributed by atoms with Gasteiger partial charge in [-0.15, -0.1) is 22.7 Å². The number of carbonyl (C=O) groups is 1. The average Bonchev–Trinajstić information content (AvgIpc) is 3.16. The standard InChI is InChI=1S/C17H15FN2OS2/c1-11-20-17(14-3-2-8-22-14)15(23-11)9-16(21)19-10-12-4-6-13(18)7-5-12/h2-8H,9-10H2,1H3,(H,19,21). The lowest BCUT2D eigenvalue weighted by atomic mass is 10.2. The molecule has 2 heterocycles. The Morgan fingerprint density at radius 2 is 2.04 bits per heavy atom. The quantitative estimate of drug-likeness (QED) is 0.753. The molecule has 3 nitrogen and oxygen atoms in total. The Balaban J connectivity index is 1.65. The van der Waals surface area contributed by atoms with Crippen LogP contribution in [0.5, 0.6) is 0 Å². The molecular formula is C17H15FN2OS2. The molecule has 0 radical (unpaired) electrons. The van der Waals surface area contributed by atoms with Crippen molar-refractivity contribution in [3.05, 3.63) is 63.0 Å². The van der Waals surface area contributed by atoms with Crippen LogP contribution < -0.4 is 5.32 Å². The third-order valence-electron chi connectivity index (χ3n) is 3.28. The molecule has 0 saturated heterocycles. The predicted molar refractivity (Wildman–Crippen MR) is 92.1 cm³/mol. The zero-order valence-corrected chi connectivity index (χ0v) is 14.1. The fourth-order valence-corrected chi connectivity index (χ4v) is 3.96. The Labute approximate surface area is 141 Å². The molecule has 0 aliphatic rings. The first-order valence-corrected chi connectivity index (χ1v) is 8.83. The predicted octanol–water partition coefficient (Wildman–Crippen LogP) is 4.18. The molecule has 23 heavy (non-hydrogen) atoms. The zero-order chi connectivity index (χ0) is 16.2. The van der Waals surface area contributed by atoms with Crippen molar-refractivity contribution in [3.63, 3.8) is 0 Å². The van der Waals surface area contributed by atoms with E-state index in [2.05, 4.69) is 10.3 Å². The van der Waals surface area contributed by atoms with Crippen LogP contribution in [0.25, 0.3) is 10.6 Å². The summed E-state index contributed by atoms with van der Waals surface area (Å²) in [6, 6.07) is 10.1. The third-order valence-corrected chi connectivity index (χ3v) is 5.13. The van der Waals surface area contributed by atoms with Crippen molar-refractivity contribution < 1.29 is 9.18 Å². The Morgan fingerprint density at radius 3 is 2.74 bits per heavy atom. The van der Waals surface area contributed by atoms with Gasteiger partial charge in [-0.3, -0.25) is 4.79 Å². The van der Waals surface area contributed by atoms with E-state index in [0.29, 0.717) is 13.0 Å². The summed E-state index contributed by atoms with van der Waals surface area (Å²) in [6.45, 7) is 2.34. The number of rotatable bonds is 5. The van der Waals surface area contributed by atoms with E-state index in [9.17, 15) is 9.18 Å². The molecule has 3 aromatic rings. The summed E-state index contributed by atoms with van der Waals surface area (Å²) in [5, 5.41) is 5.83. The second-order valence-electron chi connectivity index (χ2n) is 5.06. The van der Waals surface area contributed by atoms with Gasteiger partial charge in [0, 0.05) is 11.4 Å². The number of benzene rings is 1. The highest BCUT2D eigenvalue weighted by atomic mass is 32.1. The highest BCUT2D eigenvalue weighted by Crippen LogP contribution is 2.31. The molecule has 1 aromatic carbocycles. The molecule has 0 unspecified atom stereocenters. The second-order valence-corrected chi connectivity index (χ2v) is 7.30. The first-order chi connectivity index (χ1) is 11.1. The highest BCUT2D eigenvalue weighted by Gasteiger charge is 2.15. The third kappa shape index (κ3) is 4.03. The summed E-state index contributed by atoms with van der Waals surface area (Å²) in [4.78, 5) is 18.8. The van der Waals surface area contributed by atoms with E-state index in [1.807, 2.05) is 24.4 Å². The molecule has 0 fully saturated rings. The molecule has 0 saturated carbocycles. The Hall–Kier alpha value is -2.05. The van der Waals surface area contributed by atoms with Crippen molar-refractivity contribution in [2.24, 2.45) is 0 Å². The number of amides is 1. The van der Waals surface area contributed by atoms with Gasteiger partial charge in [0.1, 0.15) is 5.82 Å². The van der Waals surface area contributed by atoms with Gasteiger partial charge in [-0.05, 0) is 36.1 Å². The molecule has 0 aliphatic heterocycles. The first kappa shape index (κ1) is 15.8. The van der Waals surface area contributed by atoms with E-state index in [0.717, 1.165) is 26.0 Å². The fourth-order valence-electron chi connectivity index (χ4n) is 2.21. The van der Waals surface area contributed by atoms with Crippen LogP contribution in [0.4, 0.5) is 4.39 Å². The second kappa shape index (κ2) is 7.02. The van der Waals surface area contributed by atoms with Gasteiger partial charge in [-0.1, -0.05) is 18.2 Å². The van der Waals surface area contributed by atoms with Crippen LogP contribution in [-0.4, -0.2) is 10.9 Å². The minimum atomic E-state index is -0.277.